The lowest BCUT2D eigenvalue weighted by Crippen LogP contribution is -2.28. The number of hydrogen-bond donors (Lipinski definition) is 1. The molecule has 142 valence electrons. The van der Waals surface area contributed by atoms with Crippen LogP contribution in [0.5, 0.6) is 11.5 Å². The fraction of sp³-hybridized carbons (Fsp3) is 0.294. The van der Waals surface area contributed by atoms with Gasteiger partial charge < -0.3 is 14.3 Å². The Morgan fingerprint density at radius 1 is 1.48 bits per heavy atom. The zero-order chi connectivity index (χ0) is 19.7. The minimum absolute atomic E-state index is 0.0293. The number of fused-ring (bicyclic) bond motifs is 1. The molecule has 8 nitrogen and oxygen atoms in total. The molecule has 0 unspecified atom stereocenters. The van der Waals surface area contributed by atoms with E-state index in [1.807, 2.05) is 6.92 Å². The Balaban J connectivity index is 2.13. The van der Waals surface area contributed by atoms with E-state index in [2.05, 4.69) is 26.1 Å². The third-order valence-electron chi connectivity index (χ3n) is 3.91. The van der Waals surface area contributed by atoms with Crippen LogP contribution in [0.3, 0.4) is 0 Å². The number of aryl methyl sites for hydroxylation is 1. The number of amides is 1. The summed E-state index contributed by atoms with van der Waals surface area (Å²) in [5.74, 6) is 0.632. The van der Waals surface area contributed by atoms with Crippen molar-refractivity contribution in [3.8, 4) is 11.5 Å². The number of nitrogens with zero attached hydrogens (tertiary/aromatic N) is 3. The van der Waals surface area contributed by atoms with E-state index >= 15 is 0 Å². The van der Waals surface area contributed by atoms with Crippen molar-refractivity contribution in [2.45, 2.75) is 13.8 Å². The third-order valence-corrected chi connectivity index (χ3v) is 5.60. The van der Waals surface area contributed by atoms with Crippen LogP contribution in [0, 0.1) is 6.92 Å². The van der Waals surface area contributed by atoms with Crippen LogP contribution in [0.4, 0.5) is 0 Å². The summed E-state index contributed by atoms with van der Waals surface area (Å²) in [6.07, 6.45) is 1.28. The second-order valence-corrected chi connectivity index (χ2v) is 7.32. The fourth-order valence-corrected chi connectivity index (χ4v) is 4.09. The molecule has 1 saturated heterocycles. The van der Waals surface area contributed by atoms with Crippen molar-refractivity contribution >= 4 is 56.0 Å². The van der Waals surface area contributed by atoms with Gasteiger partial charge in [-0.05, 0) is 29.8 Å². The van der Waals surface area contributed by atoms with Crippen molar-refractivity contribution < 1.29 is 19.1 Å². The lowest BCUT2D eigenvalue weighted by Gasteiger charge is -2.12. The molecular weight excluding hydrogens is 438 g/mol. The van der Waals surface area contributed by atoms with Crippen LogP contribution in [-0.2, 0) is 4.79 Å². The van der Waals surface area contributed by atoms with Gasteiger partial charge in [-0.25, -0.2) is 0 Å². The summed E-state index contributed by atoms with van der Waals surface area (Å²) >= 11 is 4.54. The molecule has 1 fully saturated rings. The normalized spacial score (nSPS) is 16.2. The molecule has 0 spiro atoms. The first-order chi connectivity index (χ1) is 12.9. The molecule has 2 aromatic rings. The maximum Gasteiger partial charge on any atom is 0.239 e. The summed E-state index contributed by atoms with van der Waals surface area (Å²) in [6, 6.07) is 1.34. The van der Waals surface area contributed by atoms with Crippen molar-refractivity contribution in [2.24, 2.45) is 10.2 Å². The van der Waals surface area contributed by atoms with E-state index in [1.165, 1.54) is 36.1 Å². The van der Waals surface area contributed by atoms with Gasteiger partial charge in [0.25, 0.3) is 0 Å². The Labute approximate surface area is 167 Å². The number of carbonyl (C=O) groups excluding carboxylic acids is 1. The summed E-state index contributed by atoms with van der Waals surface area (Å²) in [4.78, 5) is 25.7. The first-order valence-electron chi connectivity index (χ1n) is 7.96. The van der Waals surface area contributed by atoms with E-state index in [0.717, 1.165) is 0 Å². The van der Waals surface area contributed by atoms with E-state index in [1.54, 1.807) is 6.92 Å². The summed E-state index contributed by atoms with van der Waals surface area (Å²) in [5, 5.41) is 19.2. The largest absolute Gasteiger partial charge is 0.506 e. The summed E-state index contributed by atoms with van der Waals surface area (Å²) < 4.78 is 11.1. The molecule has 0 saturated carbocycles. The number of methoxy groups -OCH3 is 1. The molecule has 3 rings (SSSR count). The molecule has 0 radical (unpaired) electrons. The molecule has 1 N–H and O–H groups in total. The number of hydrogen-bond acceptors (Lipinski definition) is 8. The van der Waals surface area contributed by atoms with Gasteiger partial charge in [0.15, 0.2) is 16.2 Å². The summed E-state index contributed by atoms with van der Waals surface area (Å²) in [5.41, 5.74) is 0.0584. The molecule has 1 aromatic carbocycles. The molecule has 2 heterocycles. The van der Waals surface area contributed by atoms with Gasteiger partial charge in [0.1, 0.15) is 27.1 Å². The zero-order valence-electron chi connectivity index (χ0n) is 14.8. The van der Waals surface area contributed by atoms with Crippen LogP contribution in [0.2, 0.25) is 0 Å². The van der Waals surface area contributed by atoms with Crippen LogP contribution in [0.25, 0.3) is 11.0 Å². The standard InChI is InChI=1S/C17H16BrN3O5S/c1-4-21-11(23)7-27-17(21)20-19-6-9-14(24)13(18)16-12(15(9)25-3)10(22)5-8(2)26-16/h5-6,24H,4,7H2,1-3H3/b19-6+,20-17-. The van der Waals surface area contributed by atoms with Gasteiger partial charge in [-0.15, -0.1) is 5.10 Å². The van der Waals surface area contributed by atoms with Crippen LogP contribution in [0.15, 0.2) is 30.0 Å². The van der Waals surface area contributed by atoms with Gasteiger partial charge in [-0.3, -0.25) is 14.5 Å². The van der Waals surface area contributed by atoms with Crippen molar-refractivity contribution in [1.29, 1.82) is 0 Å². The number of aromatic hydroxyl groups is 1. The van der Waals surface area contributed by atoms with E-state index in [9.17, 15) is 14.7 Å². The number of carbonyl (C=O) groups is 1. The van der Waals surface area contributed by atoms with Gasteiger partial charge >= 0.3 is 0 Å². The van der Waals surface area contributed by atoms with Gasteiger partial charge in [0, 0.05) is 12.6 Å². The minimum Gasteiger partial charge on any atom is -0.506 e. The topological polar surface area (TPSA) is 105 Å². The first-order valence-corrected chi connectivity index (χ1v) is 9.73. The Morgan fingerprint density at radius 3 is 2.89 bits per heavy atom. The van der Waals surface area contributed by atoms with Gasteiger partial charge in [0.2, 0.25) is 5.91 Å². The van der Waals surface area contributed by atoms with Crippen molar-refractivity contribution in [2.75, 3.05) is 19.4 Å². The van der Waals surface area contributed by atoms with Crippen molar-refractivity contribution in [1.82, 2.24) is 4.90 Å². The number of benzene rings is 1. The Morgan fingerprint density at radius 2 is 2.22 bits per heavy atom. The van der Waals surface area contributed by atoms with Gasteiger partial charge in [-0.1, -0.05) is 11.8 Å². The third kappa shape index (κ3) is 3.46. The van der Waals surface area contributed by atoms with E-state index in [-0.39, 0.29) is 43.8 Å². The van der Waals surface area contributed by atoms with Gasteiger partial charge in [0.05, 0.1) is 24.6 Å². The van der Waals surface area contributed by atoms with E-state index in [4.69, 9.17) is 9.15 Å². The van der Waals surface area contributed by atoms with Crippen LogP contribution in [-0.4, -0.2) is 46.7 Å². The fourth-order valence-electron chi connectivity index (χ4n) is 2.70. The quantitative estimate of drug-likeness (QED) is 0.563. The van der Waals surface area contributed by atoms with E-state index in [0.29, 0.717) is 23.2 Å². The maximum atomic E-state index is 12.4. The second-order valence-electron chi connectivity index (χ2n) is 5.59. The van der Waals surface area contributed by atoms with Gasteiger partial charge in [-0.2, -0.15) is 5.10 Å². The lowest BCUT2D eigenvalue weighted by molar-refractivity contribution is -0.123. The lowest BCUT2D eigenvalue weighted by atomic mass is 10.1. The number of amidine groups is 1. The monoisotopic (exact) mass is 453 g/mol. The van der Waals surface area contributed by atoms with Crippen LogP contribution in [0.1, 0.15) is 18.2 Å². The average Bonchev–Trinajstić information content (AvgIpc) is 2.99. The number of halogens is 1. The Kier molecular flexibility index (Phi) is 5.56. The molecule has 1 aliphatic rings. The number of phenols is 1. The summed E-state index contributed by atoms with van der Waals surface area (Å²) in [6.45, 7) is 3.98. The highest BCUT2D eigenvalue weighted by Crippen LogP contribution is 2.41. The number of phenolic OH excluding ortho intramolecular Hbond substituents is 1. The predicted octanol–water partition coefficient (Wildman–Crippen LogP) is 2.86. The van der Waals surface area contributed by atoms with Crippen LogP contribution >= 0.6 is 27.7 Å². The summed E-state index contributed by atoms with van der Waals surface area (Å²) in [7, 11) is 1.38. The molecule has 1 amide bonds. The Hall–Kier alpha value is -2.33. The molecule has 10 heteroatoms. The smallest absolute Gasteiger partial charge is 0.239 e. The zero-order valence-corrected chi connectivity index (χ0v) is 17.2. The predicted molar refractivity (Wildman–Crippen MR) is 108 cm³/mol. The SMILES string of the molecule is CCN1C(=O)CS/C1=N\N=C\c1c(O)c(Br)c2oc(C)cc(=O)c2c1OC. The number of ether oxygens (including phenoxy) is 1. The number of thioether (sulfide) groups is 1. The second kappa shape index (κ2) is 7.73. The Bertz CT molecular complexity index is 1050. The highest BCUT2D eigenvalue weighted by molar-refractivity contribution is 9.10. The maximum absolute atomic E-state index is 12.4. The molecule has 0 bridgehead atoms. The molecule has 27 heavy (non-hydrogen) atoms. The average molecular weight is 454 g/mol. The highest BCUT2D eigenvalue weighted by atomic mass is 79.9. The molecular formula is C17H16BrN3O5S. The molecule has 0 aliphatic carbocycles. The van der Waals surface area contributed by atoms with E-state index < -0.39 is 0 Å². The van der Waals surface area contributed by atoms with Crippen molar-refractivity contribution in [3.05, 3.63) is 32.1 Å². The molecule has 1 aromatic heterocycles. The molecule has 0 atom stereocenters. The number of rotatable bonds is 4. The minimum atomic E-state index is -0.304. The first kappa shape index (κ1) is 19.4. The highest BCUT2D eigenvalue weighted by Gasteiger charge is 2.27. The molecule has 1 aliphatic heterocycles. The van der Waals surface area contributed by atoms with Crippen LogP contribution < -0.4 is 10.2 Å². The van der Waals surface area contributed by atoms with Crippen molar-refractivity contribution in [3.63, 3.8) is 0 Å².